The molecule has 40 heavy (non-hydrogen) atoms. The third kappa shape index (κ3) is 5.49. The van der Waals surface area contributed by atoms with E-state index in [0.717, 1.165) is 53.7 Å². The molecule has 0 bridgehead atoms. The van der Waals surface area contributed by atoms with Gasteiger partial charge in [-0.05, 0) is 68.1 Å². The summed E-state index contributed by atoms with van der Waals surface area (Å²) >= 11 is 0. The number of nitrogens with two attached hydrogens (primary N) is 1. The van der Waals surface area contributed by atoms with Gasteiger partial charge in [0.25, 0.3) is 0 Å². The second kappa shape index (κ2) is 11.2. The van der Waals surface area contributed by atoms with Gasteiger partial charge in [-0.3, -0.25) is 14.7 Å². The second-order valence-corrected chi connectivity index (χ2v) is 11.2. The van der Waals surface area contributed by atoms with Crippen molar-refractivity contribution >= 4 is 17.4 Å². The van der Waals surface area contributed by atoms with E-state index in [1.54, 1.807) is 12.4 Å². The minimum atomic E-state index is 0.0932. The fourth-order valence-corrected chi connectivity index (χ4v) is 5.79. The number of aromatic nitrogens is 2. The largest absolute Gasteiger partial charge is 0.457 e. The van der Waals surface area contributed by atoms with E-state index in [4.69, 9.17) is 20.4 Å². The third-order valence-electron chi connectivity index (χ3n) is 8.43. The van der Waals surface area contributed by atoms with Gasteiger partial charge in [-0.15, -0.1) is 0 Å². The van der Waals surface area contributed by atoms with Crippen molar-refractivity contribution in [1.29, 1.82) is 0 Å². The van der Waals surface area contributed by atoms with E-state index in [1.807, 2.05) is 65.6 Å². The number of rotatable bonds is 8. The van der Waals surface area contributed by atoms with Crippen molar-refractivity contribution in [3.8, 4) is 11.5 Å². The van der Waals surface area contributed by atoms with Gasteiger partial charge in [0.1, 0.15) is 23.6 Å². The molecule has 6 rings (SSSR count). The van der Waals surface area contributed by atoms with Crippen molar-refractivity contribution in [2.75, 3.05) is 39.0 Å². The third-order valence-corrected chi connectivity index (χ3v) is 8.43. The smallest absolute Gasteiger partial charge is 0.246 e. The molecule has 2 aromatic carbocycles. The molecule has 0 spiro atoms. The summed E-state index contributed by atoms with van der Waals surface area (Å²) in [7, 11) is 2.12. The molecule has 8 nitrogen and oxygen atoms in total. The molecule has 1 saturated carbocycles. The minimum Gasteiger partial charge on any atom is -0.457 e. The summed E-state index contributed by atoms with van der Waals surface area (Å²) in [5.74, 6) is 2.81. The van der Waals surface area contributed by atoms with Gasteiger partial charge in [-0.2, -0.15) is 0 Å². The zero-order valence-corrected chi connectivity index (χ0v) is 23.1. The monoisotopic (exact) mass is 536 g/mol. The molecule has 3 aliphatic rings. The first-order valence-electron chi connectivity index (χ1n) is 14.1. The van der Waals surface area contributed by atoms with Crippen LogP contribution >= 0.6 is 0 Å². The van der Waals surface area contributed by atoms with Gasteiger partial charge in [-0.25, -0.2) is 9.97 Å². The highest BCUT2D eigenvalue weighted by Gasteiger charge is 2.41. The van der Waals surface area contributed by atoms with Crippen molar-refractivity contribution in [1.82, 2.24) is 19.8 Å². The van der Waals surface area contributed by atoms with Gasteiger partial charge in [0.15, 0.2) is 0 Å². The molecule has 2 fully saturated rings. The molecule has 2 N–H and O–H groups in total. The van der Waals surface area contributed by atoms with Crippen molar-refractivity contribution < 1.29 is 9.53 Å². The van der Waals surface area contributed by atoms with E-state index in [1.165, 1.54) is 12.8 Å². The van der Waals surface area contributed by atoms with Gasteiger partial charge >= 0.3 is 0 Å². The molecule has 1 amide bonds. The van der Waals surface area contributed by atoms with E-state index in [9.17, 15) is 4.79 Å². The van der Waals surface area contributed by atoms with Crippen LogP contribution < -0.4 is 10.5 Å². The van der Waals surface area contributed by atoms with Gasteiger partial charge in [-0.1, -0.05) is 31.2 Å². The standard InChI is InChI=1S/C32H36N6O2/c1-21-27(23-18-38(19-23)28(39)9-6-16-37(2)24-12-13-24)17-34-31(29-30(21)35-20-36-32(29)33)22-10-14-26(15-11-22)40-25-7-4-3-5-8-25/h3-11,14-15,20-21,23-24,27H,12-13,16-19H2,1-2H3,(H2,33,35,36)/b9-6+. The van der Waals surface area contributed by atoms with E-state index in [2.05, 4.69) is 23.9 Å². The van der Waals surface area contributed by atoms with Gasteiger partial charge in [0, 0.05) is 49.8 Å². The van der Waals surface area contributed by atoms with Crippen molar-refractivity contribution in [2.24, 2.45) is 16.8 Å². The number of likely N-dealkylation sites (tertiary alicyclic amines) is 1. The summed E-state index contributed by atoms with van der Waals surface area (Å²) in [6, 6.07) is 18.3. The maximum absolute atomic E-state index is 12.7. The first-order chi connectivity index (χ1) is 19.5. The van der Waals surface area contributed by atoms with Gasteiger partial charge in [0.2, 0.25) is 5.91 Å². The van der Waals surface area contributed by atoms with Crippen LogP contribution in [-0.2, 0) is 4.79 Å². The van der Waals surface area contributed by atoms with Crippen LogP contribution in [0.15, 0.2) is 78.1 Å². The molecule has 1 aromatic heterocycles. The Labute approximate surface area is 235 Å². The lowest BCUT2D eigenvalue weighted by molar-refractivity contribution is -0.133. The number of anilines is 1. The predicted octanol–water partition coefficient (Wildman–Crippen LogP) is 4.53. The minimum absolute atomic E-state index is 0.0932. The van der Waals surface area contributed by atoms with E-state index >= 15 is 0 Å². The van der Waals surface area contributed by atoms with Crippen LogP contribution in [0.3, 0.4) is 0 Å². The maximum Gasteiger partial charge on any atom is 0.246 e. The Morgan fingerprint density at radius 3 is 2.52 bits per heavy atom. The van der Waals surface area contributed by atoms with E-state index < -0.39 is 0 Å². The Morgan fingerprint density at radius 2 is 1.80 bits per heavy atom. The van der Waals surface area contributed by atoms with Crippen molar-refractivity contribution in [2.45, 2.75) is 31.7 Å². The molecule has 3 aromatic rings. The number of nitrogens with zero attached hydrogens (tertiary/aromatic N) is 5. The second-order valence-electron chi connectivity index (χ2n) is 11.2. The lowest BCUT2D eigenvalue weighted by atomic mass is 9.76. The van der Waals surface area contributed by atoms with Crippen LogP contribution in [0.1, 0.15) is 42.5 Å². The quantitative estimate of drug-likeness (QED) is 0.425. The molecule has 0 radical (unpaired) electrons. The van der Waals surface area contributed by atoms with E-state index in [0.29, 0.717) is 24.3 Å². The molecule has 2 atom stereocenters. The van der Waals surface area contributed by atoms with Gasteiger partial charge < -0.3 is 15.4 Å². The van der Waals surface area contributed by atoms with Crippen molar-refractivity contribution in [3.63, 3.8) is 0 Å². The highest BCUT2D eigenvalue weighted by atomic mass is 16.5. The number of para-hydroxylation sites is 1. The molecule has 2 aliphatic heterocycles. The first kappa shape index (κ1) is 26.2. The number of hydrogen-bond donors (Lipinski definition) is 1. The molecule has 206 valence electrons. The van der Waals surface area contributed by atoms with Crippen molar-refractivity contribution in [3.05, 3.63) is 89.9 Å². The summed E-state index contributed by atoms with van der Waals surface area (Å²) in [6.45, 7) is 5.14. The lowest BCUT2D eigenvalue weighted by Crippen LogP contribution is -2.53. The average Bonchev–Trinajstić information content (AvgIpc) is 3.79. The number of hydrogen-bond acceptors (Lipinski definition) is 7. The van der Waals surface area contributed by atoms with Crippen LogP contribution in [0, 0.1) is 11.8 Å². The topological polar surface area (TPSA) is 96.9 Å². The van der Waals surface area contributed by atoms with Crippen LogP contribution in [0.2, 0.25) is 0 Å². The van der Waals surface area contributed by atoms with E-state index in [-0.39, 0.29) is 17.7 Å². The zero-order chi connectivity index (χ0) is 27.6. The normalized spacial score (nSPS) is 21.1. The van der Waals surface area contributed by atoms with Gasteiger partial charge in [0.05, 0.1) is 17.0 Å². The molecule has 1 aliphatic carbocycles. The Balaban J connectivity index is 1.17. The number of carbonyl (C=O) groups is 1. The first-order valence-corrected chi connectivity index (χ1v) is 14.1. The number of nitrogen functional groups attached to an aromatic ring is 1. The SMILES string of the molecule is CC1c2ncnc(N)c2C(c2ccc(Oc3ccccc3)cc2)=NCC1C1CN(C(=O)/C=C/CN(C)C2CC2)C1. The zero-order valence-electron chi connectivity index (χ0n) is 23.1. The van der Waals surface area contributed by atoms with Crippen LogP contribution in [0.25, 0.3) is 0 Å². The number of likely N-dealkylation sites (N-methyl/N-ethyl adjacent to an activating group) is 1. The number of aliphatic imine (C=N–C) groups is 1. The van der Waals surface area contributed by atoms with Crippen LogP contribution in [0.4, 0.5) is 5.82 Å². The highest BCUT2D eigenvalue weighted by molar-refractivity contribution is 6.16. The maximum atomic E-state index is 12.7. The number of fused-ring (bicyclic) bond motifs is 1. The molecule has 3 heterocycles. The Bertz CT molecular complexity index is 1410. The summed E-state index contributed by atoms with van der Waals surface area (Å²) in [5, 5.41) is 0. The number of benzene rings is 2. The fraction of sp³-hybridized carbons (Fsp3) is 0.375. The lowest BCUT2D eigenvalue weighted by Gasteiger charge is -2.44. The summed E-state index contributed by atoms with van der Waals surface area (Å²) < 4.78 is 5.98. The highest BCUT2D eigenvalue weighted by Crippen LogP contribution is 2.39. The summed E-state index contributed by atoms with van der Waals surface area (Å²) in [6.07, 6.45) is 7.80. The number of carbonyl (C=O) groups excluding carboxylic acids is 1. The Morgan fingerprint density at radius 1 is 1.07 bits per heavy atom. The molecule has 8 heteroatoms. The summed E-state index contributed by atoms with van der Waals surface area (Å²) in [5.41, 5.74) is 9.92. The molecule has 2 unspecified atom stereocenters. The Hall–Kier alpha value is -4.04. The molecular formula is C32H36N6O2. The average molecular weight is 537 g/mol. The number of amides is 1. The van der Waals surface area contributed by atoms with Crippen LogP contribution in [-0.4, -0.2) is 70.7 Å². The molecular weight excluding hydrogens is 500 g/mol. The fourth-order valence-electron chi connectivity index (χ4n) is 5.79. The Kier molecular flexibility index (Phi) is 7.34. The predicted molar refractivity (Wildman–Crippen MR) is 157 cm³/mol. The van der Waals surface area contributed by atoms with Crippen LogP contribution in [0.5, 0.6) is 11.5 Å². The summed E-state index contributed by atoms with van der Waals surface area (Å²) in [4.78, 5) is 31.1. The number of ether oxygens (including phenoxy) is 1. The molecule has 1 saturated heterocycles.